The Bertz CT molecular complexity index is 775. The van der Waals surface area contributed by atoms with Gasteiger partial charge in [0.25, 0.3) is 5.91 Å². The smallest absolute Gasteiger partial charge is 0.263 e. The highest BCUT2D eigenvalue weighted by atomic mass is 32.1. The molecule has 0 unspecified atom stereocenters. The van der Waals surface area contributed by atoms with E-state index in [-0.39, 0.29) is 12.0 Å². The zero-order valence-electron chi connectivity index (χ0n) is 15.9. The number of aryl methyl sites for hydroxylation is 1. The second kappa shape index (κ2) is 8.40. The predicted octanol–water partition coefficient (Wildman–Crippen LogP) is 4.02. The monoisotopic (exact) mass is 385 g/mol. The Balaban J connectivity index is 1.59. The molecule has 3 heterocycles. The molecule has 0 radical (unpaired) electrons. The molecule has 2 aliphatic heterocycles. The minimum Gasteiger partial charge on any atom is -0.376 e. The standard InChI is InChI=1S/C21H27N3O2S/c1-15-7-9-16(10-8-15)18-19(20(25)22-14-17-6-5-13-26-17)27-21(23-18)24-11-3-2-4-12-24/h7-10,17H,2-6,11-14H2,1H3,(H,22,25)/t17-/m1/s1. The van der Waals surface area contributed by atoms with E-state index in [4.69, 9.17) is 9.72 Å². The van der Waals surface area contributed by atoms with Gasteiger partial charge in [0, 0.05) is 31.8 Å². The van der Waals surface area contributed by atoms with Gasteiger partial charge in [0.1, 0.15) is 4.88 Å². The zero-order chi connectivity index (χ0) is 18.6. The van der Waals surface area contributed by atoms with Gasteiger partial charge in [-0.25, -0.2) is 4.98 Å². The van der Waals surface area contributed by atoms with Crippen LogP contribution in [-0.4, -0.2) is 43.2 Å². The third-order valence-electron chi connectivity index (χ3n) is 5.29. The molecule has 1 atom stereocenters. The number of aromatic nitrogens is 1. The molecule has 2 saturated heterocycles. The van der Waals surface area contributed by atoms with Gasteiger partial charge in [-0.1, -0.05) is 41.2 Å². The van der Waals surface area contributed by atoms with Crippen LogP contribution in [0.5, 0.6) is 0 Å². The fourth-order valence-corrected chi connectivity index (χ4v) is 4.74. The molecule has 1 N–H and O–H groups in total. The van der Waals surface area contributed by atoms with Crippen molar-refractivity contribution in [3.63, 3.8) is 0 Å². The van der Waals surface area contributed by atoms with Crippen LogP contribution in [0.3, 0.4) is 0 Å². The molecule has 6 heteroatoms. The normalized spacial score (nSPS) is 20.0. The van der Waals surface area contributed by atoms with Crippen molar-refractivity contribution in [1.29, 1.82) is 0 Å². The number of carbonyl (C=O) groups is 1. The fourth-order valence-electron chi connectivity index (χ4n) is 3.68. The maximum absolute atomic E-state index is 12.9. The van der Waals surface area contributed by atoms with Crippen LogP contribution >= 0.6 is 11.3 Å². The largest absolute Gasteiger partial charge is 0.376 e. The first kappa shape index (κ1) is 18.4. The van der Waals surface area contributed by atoms with Crippen LogP contribution in [0.15, 0.2) is 24.3 Å². The highest BCUT2D eigenvalue weighted by Gasteiger charge is 2.24. The van der Waals surface area contributed by atoms with Crippen LogP contribution in [0.4, 0.5) is 5.13 Å². The first-order valence-corrected chi connectivity index (χ1v) is 10.7. The number of ether oxygens (including phenoxy) is 1. The van der Waals surface area contributed by atoms with E-state index in [9.17, 15) is 4.79 Å². The van der Waals surface area contributed by atoms with Gasteiger partial charge in [0.05, 0.1) is 11.8 Å². The summed E-state index contributed by atoms with van der Waals surface area (Å²) in [6, 6.07) is 8.26. The quantitative estimate of drug-likeness (QED) is 0.845. The van der Waals surface area contributed by atoms with Crippen LogP contribution in [0, 0.1) is 6.92 Å². The van der Waals surface area contributed by atoms with E-state index >= 15 is 0 Å². The Hall–Kier alpha value is -1.92. The summed E-state index contributed by atoms with van der Waals surface area (Å²) in [5, 5.41) is 4.03. The number of carbonyl (C=O) groups excluding carboxylic acids is 1. The lowest BCUT2D eigenvalue weighted by Crippen LogP contribution is -2.31. The Kier molecular flexibility index (Phi) is 5.74. The predicted molar refractivity (Wildman–Crippen MR) is 110 cm³/mol. The van der Waals surface area contributed by atoms with E-state index in [1.807, 2.05) is 0 Å². The van der Waals surface area contributed by atoms with E-state index in [0.717, 1.165) is 48.9 Å². The van der Waals surface area contributed by atoms with E-state index in [1.54, 1.807) is 0 Å². The van der Waals surface area contributed by atoms with Crippen LogP contribution in [0.1, 0.15) is 47.3 Å². The number of thiazole rings is 1. The maximum atomic E-state index is 12.9. The summed E-state index contributed by atoms with van der Waals surface area (Å²) >= 11 is 1.52. The highest BCUT2D eigenvalue weighted by Crippen LogP contribution is 2.34. The molecular weight excluding hydrogens is 358 g/mol. The molecular formula is C21H27N3O2S. The average molecular weight is 386 g/mol. The third-order valence-corrected chi connectivity index (χ3v) is 6.40. The van der Waals surface area contributed by atoms with E-state index in [1.165, 1.54) is 36.2 Å². The summed E-state index contributed by atoms with van der Waals surface area (Å²) in [6.07, 6.45) is 5.91. The van der Waals surface area contributed by atoms with Crippen LogP contribution in [0.25, 0.3) is 11.3 Å². The molecule has 144 valence electrons. The molecule has 1 amide bonds. The molecule has 27 heavy (non-hydrogen) atoms. The summed E-state index contributed by atoms with van der Waals surface area (Å²) in [7, 11) is 0. The van der Waals surface area contributed by atoms with Crippen molar-refractivity contribution < 1.29 is 9.53 Å². The van der Waals surface area contributed by atoms with Gasteiger partial charge in [-0.05, 0) is 39.0 Å². The summed E-state index contributed by atoms with van der Waals surface area (Å²) < 4.78 is 5.63. The molecule has 4 rings (SSSR count). The minimum absolute atomic E-state index is 0.0400. The van der Waals surface area contributed by atoms with Crippen LogP contribution in [0.2, 0.25) is 0 Å². The van der Waals surface area contributed by atoms with Gasteiger partial charge in [0.15, 0.2) is 5.13 Å². The number of anilines is 1. The lowest BCUT2D eigenvalue weighted by atomic mass is 10.1. The lowest BCUT2D eigenvalue weighted by molar-refractivity contribution is 0.0861. The molecule has 0 aliphatic carbocycles. The van der Waals surface area contributed by atoms with Crippen LogP contribution < -0.4 is 10.2 Å². The van der Waals surface area contributed by atoms with Crippen LogP contribution in [-0.2, 0) is 4.74 Å². The second-order valence-corrected chi connectivity index (χ2v) is 8.41. The number of benzene rings is 1. The first-order valence-electron chi connectivity index (χ1n) is 9.93. The molecule has 2 aliphatic rings. The third kappa shape index (κ3) is 4.33. The molecule has 2 aromatic rings. The minimum atomic E-state index is -0.0400. The lowest BCUT2D eigenvalue weighted by Gasteiger charge is -2.25. The number of nitrogens with one attached hydrogen (secondary N) is 1. The number of rotatable bonds is 5. The number of hydrogen-bond donors (Lipinski definition) is 1. The highest BCUT2D eigenvalue weighted by molar-refractivity contribution is 7.18. The summed E-state index contributed by atoms with van der Waals surface area (Å²) in [6.45, 7) is 5.49. The van der Waals surface area contributed by atoms with Crippen molar-refractivity contribution >= 4 is 22.4 Å². The fraction of sp³-hybridized carbons (Fsp3) is 0.524. The van der Waals surface area contributed by atoms with E-state index < -0.39 is 0 Å². The molecule has 1 aromatic carbocycles. The Morgan fingerprint density at radius 3 is 2.70 bits per heavy atom. The number of hydrogen-bond acceptors (Lipinski definition) is 5. The average Bonchev–Trinajstić information content (AvgIpc) is 3.37. The van der Waals surface area contributed by atoms with Gasteiger partial charge >= 0.3 is 0 Å². The van der Waals surface area contributed by atoms with Crippen molar-refractivity contribution in [2.24, 2.45) is 0 Å². The van der Waals surface area contributed by atoms with Gasteiger partial charge in [-0.3, -0.25) is 4.79 Å². The van der Waals surface area contributed by atoms with Crippen molar-refractivity contribution in [2.75, 3.05) is 31.1 Å². The summed E-state index contributed by atoms with van der Waals surface area (Å²) in [4.78, 5) is 20.9. The molecule has 5 nitrogen and oxygen atoms in total. The van der Waals surface area contributed by atoms with E-state index in [2.05, 4.69) is 41.4 Å². The van der Waals surface area contributed by atoms with Crippen molar-refractivity contribution in [3.8, 4) is 11.3 Å². The van der Waals surface area contributed by atoms with Gasteiger partial charge < -0.3 is 15.0 Å². The molecule has 0 saturated carbocycles. The molecule has 2 fully saturated rings. The van der Waals surface area contributed by atoms with Gasteiger partial charge in [0.2, 0.25) is 0 Å². The van der Waals surface area contributed by atoms with Gasteiger partial charge in [-0.2, -0.15) is 0 Å². The number of nitrogens with zero attached hydrogens (tertiary/aromatic N) is 2. The van der Waals surface area contributed by atoms with E-state index in [0.29, 0.717) is 11.4 Å². The maximum Gasteiger partial charge on any atom is 0.263 e. The molecule has 0 bridgehead atoms. The Morgan fingerprint density at radius 1 is 1.22 bits per heavy atom. The topological polar surface area (TPSA) is 54.5 Å². The molecule has 1 aromatic heterocycles. The summed E-state index contributed by atoms with van der Waals surface area (Å²) in [5.41, 5.74) is 3.00. The van der Waals surface area contributed by atoms with Gasteiger partial charge in [-0.15, -0.1) is 0 Å². The van der Waals surface area contributed by atoms with Crippen molar-refractivity contribution in [3.05, 3.63) is 34.7 Å². The second-order valence-electron chi connectivity index (χ2n) is 7.43. The SMILES string of the molecule is Cc1ccc(-c2nc(N3CCCCC3)sc2C(=O)NC[C@H]2CCCO2)cc1. The number of piperidine rings is 1. The molecule has 0 spiro atoms. The number of amides is 1. The van der Waals surface area contributed by atoms with Crippen molar-refractivity contribution in [2.45, 2.75) is 45.1 Å². The Labute approximate surface area is 164 Å². The Morgan fingerprint density at radius 2 is 2.00 bits per heavy atom. The van der Waals surface area contributed by atoms with Crippen molar-refractivity contribution in [1.82, 2.24) is 10.3 Å². The summed E-state index contributed by atoms with van der Waals surface area (Å²) in [5.74, 6) is -0.0400. The zero-order valence-corrected chi connectivity index (χ0v) is 16.7. The first-order chi connectivity index (χ1) is 13.2.